The Labute approximate surface area is 149 Å². The molecule has 1 unspecified atom stereocenters. The molecule has 0 aliphatic heterocycles. The summed E-state index contributed by atoms with van der Waals surface area (Å²) in [4.78, 5) is 4.20. The van der Waals surface area contributed by atoms with E-state index in [0.717, 1.165) is 5.56 Å². The highest BCUT2D eigenvalue weighted by Gasteiger charge is 2.10. The summed E-state index contributed by atoms with van der Waals surface area (Å²) in [6.45, 7) is 2.58. The molecule has 134 valence electrons. The van der Waals surface area contributed by atoms with Crippen LogP contribution in [0, 0.1) is 0 Å². The number of aliphatic imine (C=N–C) groups is 1. The molecule has 5 nitrogen and oxygen atoms in total. The lowest BCUT2D eigenvalue weighted by Crippen LogP contribution is -2.41. The third-order valence-electron chi connectivity index (χ3n) is 3.88. The quantitative estimate of drug-likeness (QED) is 0.371. The Bertz CT molecular complexity index is 617. The van der Waals surface area contributed by atoms with E-state index in [1.165, 1.54) is 5.56 Å². The number of hydrogen-bond donors (Lipinski definition) is 3. The van der Waals surface area contributed by atoms with Gasteiger partial charge < -0.3 is 20.5 Å². The van der Waals surface area contributed by atoms with Crippen molar-refractivity contribution in [2.75, 3.05) is 33.4 Å². The van der Waals surface area contributed by atoms with Gasteiger partial charge in [0.1, 0.15) is 0 Å². The molecule has 1 atom stereocenters. The zero-order chi connectivity index (χ0) is 17.7. The maximum atomic E-state index is 9.60. The maximum Gasteiger partial charge on any atom is 0.191 e. The third-order valence-corrected chi connectivity index (χ3v) is 3.88. The smallest absolute Gasteiger partial charge is 0.191 e. The van der Waals surface area contributed by atoms with E-state index in [9.17, 15) is 5.11 Å². The highest BCUT2D eigenvalue weighted by Crippen LogP contribution is 2.13. The fraction of sp³-hybridized carbons (Fsp3) is 0.350. The van der Waals surface area contributed by atoms with Crippen LogP contribution in [-0.4, -0.2) is 44.4 Å². The number of guanidine groups is 1. The number of nitrogens with zero attached hydrogens (tertiary/aromatic N) is 1. The van der Waals surface area contributed by atoms with Crippen LogP contribution in [0.3, 0.4) is 0 Å². The van der Waals surface area contributed by atoms with Crippen molar-refractivity contribution in [2.45, 2.75) is 12.5 Å². The molecule has 0 saturated carbocycles. The van der Waals surface area contributed by atoms with E-state index in [1.54, 1.807) is 7.05 Å². The molecule has 0 radical (unpaired) electrons. The minimum absolute atomic E-state index is 0.0362. The minimum Gasteiger partial charge on any atom is -0.396 e. The molecule has 2 aromatic rings. The van der Waals surface area contributed by atoms with Gasteiger partial charge >= 0.3 is 0 Å². The summed E-state index contributed by atoms with van der Waals surface area (Å²) < 4.78 is 5.65. The summed E-state index contributed by atoms with van der Waals surface area (Å²) in [5, 5.41) is 16.1. The molecule has 0 saturated heterocycles. The van der Waals surface area contributed by atoms with Crippen LogP contribution in [-0.2, 0) is 11.3 Å². The molecule has 2 aromatic carbocycles. The van der Waals surface area contributed by atoms with Crippen molar-refractivity contribution in [3.05, 3.63) is 71.8 Å². The predicted molar refractivity (Wildman–Crippen MR) is 102 cm³/mol. The van der Waals surface area contributed by atoms with Gasteiger partial charge in [-0.05, 0) is 11.1 Å². The van der Waals surface area contributed by atoms with Crippen LogP contribution in [0.2, 0.25) is 0 Å². The van der Waals surface area contributed by atoms with Crippen molar-refractivity contribution >= 4 is 5.96 Å². The van der Waals surface area contributed by atoms with Gasteiger partial charge in [-0.15, -0.1) is 0 Å². The zero-order valence-electron chi connectivity index (χ0n) is 14.7. The molecule has 3 N–H and O–H groups in total. The zero-order valence-corrected chi connectivity index (χ0v) is 14.7. The molecule has 2 rings (SSSR count). The summed E-state index contributed by atoms with van der Waals surface area (Å²) in [5.41, 5.74) is 2.28. The Balaban J connectivity index is 1.66. The first kappa shape index (κ1) is 19.0. The molecule has 0 aliphatic rings. The SMILES string of the molecule is CN=C(NCCOCc1ccccc1)NCC(CO)c1ccccc1. The first-order valence-electron chi connectivity index (χ1n) is 8.55. The molecule has 0 heterocycles. The third kappa shape index (κ3) is 6.95. The van der Waals surface area contributed by atoms with Gasteiger partial charge in [0.05, 0.1) is 19.8 Å². The summed E-state index contributed by atoms with van der Waals surface area (Å²) >= 11 is 0. The molecule has 5 heteroatoms. The van der Waals surface area contributed by atoms with Crippen molar-refractivity contribution in [3.8, 4) is 0 Å². The van der Waals surface area contributed by atoms with Crippen molar-refractivity contribution in [2.24, 2.45) is 4.99 Å². The second kappa shape index (κ2) is 11.2. The lowest BCUT2D eigenvalue weighted by Gasteiger charge is -2.18. The van der Waals surface area contributed by atoms with Crippen LogP contribution in [0.25, 0.3) is 0 Å². The largest absolute Gasteiger partial charge is 0.396 e. The second-order valence-corrected chi connectivity index (χ2v) is 5.71. The number of rotatable bonds is 9. The molecular weight excluding hydrogens is 314 g/mol. The van der Waals surface area contributed by atoms with Crippen LogP contribution in [0.15, 0.2) is 65.7 Å². The fourth-order valence-corrected chi connectivity index (χ4v) is 2.46. The Morgan fingerprint density at radius 3 is 2.36 bits per heavy atom. The van der Waals surface area contributed by atoms with E-state index < -0.39 is 0 Å². The van der Waals surface area contributed by atoms with Crippen LogP contribution in [0.4, 0.5) is 0 Å². The van der Waals surface area contributed by atoms with Gasteiger partial charge in [0.25, 0.3) is 0 Å². The standard InChI is InChI=1S/C20H27N3O2/c1-21-20(22-12-13-25-16-17-8-4-2-5-9-17)23-14-19(15-24)18-10-6-3-7-11-18/h2-11,19,24H,12-16H2,1H3,(H2,21,22,23). The van der Waals surface area contributed by atoms with Gasteiger partial charge in [-0.25, -0.2) is 0 Å². The number of aliphatic hydroxyl groups excluding tert-OH is 1. The van der Waals surface area contributed by atoms with Crippen molar-refractivity contribution < 1.29 is 9.84 Å². The first-order chi connectivity index (χ1) is 12.3. The highest BCUT2D eigenvalue weighted by atomic mass is 16.5. The van der Waals surface area contributed by atoms with E-state index in [1.807, 2.05) is 60.7 Å². The monoisotopic (exact) mass is 341 g/mol. The Morgan fingerprint density at radius 2 is 1.72 bits per heavy atom. The van der Waals surface area contributed by atoms with Crippen LogP contribution < -0.4 is 10.6 Å². The summed E-state index contributed by atoms with van der Waals surface area (Å²) in [6, 6.07) is 20.1. The molecule has 0 fully saturated rings. The molecule has 0 aliphatic carbocycles. The second-order valence-electron chi connectivity index (χ2n) is 5.71. The molecule has 0 aromatic heterocycles. The number of aliphatic hydroxyl groups is 1. The Hall–Kier alpha value is -2.37. The summed E-state index contributed by atoms with van der Waals surface area (Å²) in [5.74, 6) is 0.742. The molecule has 0 amide bonds. The van der Waals surface area contributed by atoms with Crippen LogP contribution in [0.1, 0.15) is 17.0 Å². The van der Waals surface area contributed by atoms with Crippen LogP contribution in [0.5, 0.6) is 0 Å². The molecule has 0 bridgehead atoms. The average Bonchev–Trinajstić information content (AvgIpc) is 2.68. The van der Waals surface area contributed by atoms with Gasteiger partial charge in [-0.3, -0.25) is 4.99 Å². The van der Waals surface area contributed by atoms with E-state index in [4.69, 9.17) is 4.74 Å². The first-order valence-corrected chi connectivity index (χ1v) is 8.55. The molecule has 0 spiro atoms. The normalized spacial score (nSPS) is 12.6. The number of nitrogens with one attached hydrogen (secondary N) is 2. The highest BCUT2D eigenvalue weighted by molar-refractivity contribution is 5.79. The van der Waals surface area contributed by atoms with E-state index in [-0.39, 0.29) is 12.5 Å². The Kier molecular flexibility index (Phi) is 8.52. The topological polar surface area (TPSA) is 65.9 Å². The van der Waals surface area contributed by atoms with Gasteiger partial charge in [0, 0.05) is 26.1 Å². The number of benzene rings is 2. The van der Waals surface area contributed by atoms with E-state index >= 15 is 0 Å². The number of hydrogen-bond acceptors (Lipinski definition) is 3. The van der Waals surface area contributed by atoms with Gasteiger partial charge in [-0.1, -0.05) is 60.7 Å². The van der Waals surface area contributed by atoms with Crippen molar-refractivity contribution in [1.82, 2.24) is 10.6 Å². The Morgan fingerprint density at radius 1 is 1.04 bits per heavy atom. The number of ether oxygens (including phenoxy) is 1. The fourth-order valence-electron chi connectivity index (χ4n) is 2.46. The van der Waals surface area contributed by atoms with Crippen LogP contribution >= 0.6 is 0 Å². The molecular formula is C20H27N3O2. The van der Waals surface area contributed by atoms with Crippen molar-refractivity contribution in [3.63, 3.8) is 0 Å². The maximum absolute atomic E-state index is 9.60. The van der Waals surface area contributed by atoms with E-state index in [0.29, 0.717) is 32.3 Å². The van der Waals surface area contributed by atoms with E-state index in [2.05, 4.69) is 15.6 Å². The predicted octanol–water partition coefficient (Wildman–Crippen LogP) is 2.14. The van der Waals surface area contributed by atoms with Crippen molar-refractivity contribution in [1.29, 1.82) is 0 Å². The molecule has 25 heavy (non-hydrogen) atoms. The minimum atomic E-state index is 0.0362. The lowest BCUT2D eigenvalue weighted by molar-refractivity contribution is 0.125. The summed E-state index contributed by atoms with van der Waals surface area (Å²) in [7, 11) is 1.73. The van der Waals surface area contributed by atoms with Gasteiger partial charge in [-0.2, -0.15) is 0 Å². The average molecular weight is 341 g/mol. The van der Waals surface area contributed by atoms with Gasteiger partial charge in [0.2, 0.25) is 0 Å². The lowest BCUT2D eigenvalue weighted by atomic mass is 10.0. The summed E-state index contributed by atoms with van der Waals surface area (Å²) in [6.07, 6.45) is 0. The van der Waals surface area contributed by atoms with Gasteiger partial charge in [0.15, 0.2) is 5.96 Å².